The first kappa shape index (κ1) is 17.7. The Bertz CT molecular complexity index is 360. The zero-order chi connectivity index (χ0) is 16.0. The zero-order valence-corrected chi connectivity index (χ0v) is 13.3. The Morgan fingerprint density at radius 1 is 1.43 bits per heavy atom. The molecule has 21 heavy (non-hydrogen) atoms. The quantitative estimate of drug-likeness (QED) is 0.745. The Hall–Kier alpha value is -1.34. The van der Waals surface area contributed by atoms with Crippen molar-refractivity contribution in [2.24, 2.45) is 5.92 Å². The van der Waals surface area contributed by atoms with Crippen LogP contribution in [0.5, 0.6) is 0 Å². The molecule has 2 N–H and O–H groups in total. The van der Waals surface area contributed by atoms with Crippen LogP contribution < -0.4 is 5.32 Å². The van der Waals surface area contributed by atoms with Crippen LogP contribution in [0.3, 0.4) is 0 Å². The lowest BCUT2D eigenvalue weighted by atomic mass is 10.0. The average molecular weight is 301 g/mol. The Morgan fingerprint density at radius 2 is 2.10 bits per heavy atom. The fourth-order valence-corrected chi connectivity index (χ4v) is 2.29. The van der Waals surface area contributed by atoms with E-state index in [2.05, 4.69) is 19.2 Å². The average Bonchev–Trinajstić information content (AvgIpc) is 2.36. The van der Waals surface area contributed by atoms with Crippen LogP contribution in [-0.2, 0) is 9.53 Å². The van der Waals surface area contributed by atoms with Gasteiger partial charge in [0.1, 0.15) is 0 Å². The van der Waals surface area contributed by atoms with Crippen LogP contribution >= 0.6 is 0 Å². The molecule has 0 spiro atoms. The summed E-state index contributed by atoms with van der Waals surface area (Å²) in [6.07, 6.45) is -0.497. The van der Waals surface area contributed by atoms with Crippen LogP contribution in [0, 0.1) is 5.92 Å². The molecule has 2 amide bonds. The normalized spacial score (nSPS) is 20.7. The van der Waals surface area contributed by atoms with Crippen LogP contribution in [-0.4, -0.2) is 79.4 Å². The standard InChI is InChI=1S/C14H27N3O4/c1-10(2)12(9-16(3)4)15-14(20)17-5-6-21-11(8-17)7-13(18)19/h10-12H,5-9H2,1-4H3,(H,15,20)(H,18,19). The van der Waals surface area contributed by atoms with Gasteiger partial charge in [-0.05, 0) is 20.0 Å². The topological polar surface area (TPSA) is 82.1 Å². The molecule has 0 aromatic rings. The van der Waals surface area contributed by atoms with Gasteiger partial charge in [0.25, 0.3) is 0 Å². The van der Waals surface area contributed by atoms with Crippen molar-refractivity contribution in [2.75, 3.05) is 40.3 Å². The highest BCUT2D eigenvalue weighted by molar-refractivity contribution is 5.75. The molecule has 7 heteroatoms. The predicted molar refractivity (Wildman–Crippen MR) is 79.3 cm³/mol. The maximum Gasteiger partial charge on any atom is 0.317 e. The third-order valence-electron chi connectivity index (χ3n) is 3.50. The summed E-state index contributed by atoms with van der Waals surface area (Å²) >= 11 is 0. The highest BCUT2D eigenvalue weighted by Crippen LogP contribution is 2.10. The number of carboxylic acids is 1. The molecule has 0 saturated carbocycles. The summed E-state index contributed by atoms with van der Waals surface area (Å²) in [5.74, 6) is -0.581. The van der Waals surface area contributed by atoms with Gasteiger partial charge in [-0.25, -0.2) is 4.79 Å². The lowest BCUT2D eigenvalue weighted by Crippen LogP contribution is -2.54. The summed E-state index contributed by atoms with van der Waals surface area (Å²) < 4.78 is 5.38. The monoisotopic (exact) mass is 301 g/mol. The van der Waals surface area contributed by atoms with Gasteiger partial charge < -0.3 is 25.0 Å². The molecule has 1 heterocycles. The van der Waals surface area contributed by atoms with Crippen molar-refractivity contribution in [1.29, 1.82) is 0 Å². The number of urea groups is 1. The Labute approximate surface area is 126 Å². The van der Waals surface area contributed by atoms with E-state index in [1.165, 1.54) is 0 Å². The van der Waals surface area contributed by atoms with Gasteiger partial charge in [0.15, 0.2) is 0 Å². The van der Waals surface area contributed by atoms with Crippen molar-refractivity contribution in [2.45, 2.75) is 32.4 Å². The van der Waals surface area contributed by atoms with Gasteiger partial charge in [0, 0.05) is 25.7 Å². The first-order valence-corrected chi connectivity index (χ1v) is 7.33. The fourth-order valence-electron chi connectivity index (χ4n) is 2.29. The molecule has 1 aliphatic heterocycles. The zero-order valence-electron chi connectivity index (χ0n) is 13.3. The number of amides is 2. The molecule has 1 rings (SSSR count). The molecule has 0 aromatic carbocycles. The number of hydrogen-bond donors (Lipinski definition) is 2. The highest BCUT2D eigenvalue weighted by atomic mass is 16.5. The van der Waals surface area contributed by atoms with E-state index < -0.39 is 12.1 Å². The minimum Gasteiger partial charge on any atom is -0.481 e. The summed E-state index contributed by atoms with van der Waals surface area (Å²) in [6, 6.07) is -0.0810. The summed E-state index contributed by atoms with van der Waals surface area (Å²) in [7, 11) is 3.94. The first-order chi connectivity index (χ1) is 9.79. The lowest BCUT2D eigenvalue weighted by Gasteiger charge is -2.34. The molecule has 0 aliphatic carbocycles. The van der Waals surface area contributed by atoms with E-state index in [0.29, 0.717) is 25.6 Å². The summed E-state index contributed by atoms with van der Waals surface area (Å²) in [4.78, 5) is 26.7. The molecule has 0 radical (unpaired) electrons. The number of hydrogen-bond acceptors (Lipinski definition) is 4. The smallest absolute Gasteiger partial charge is 0.317 e. The van der Waals surface area contributed by atoms with Crippen LogP contribution in [0.2, 0.25) is 0 Å². The number of rotatable bonds is 6. The SMILES string of the molecule is CC(C)C(CN(C)C)NC(=O)N1CCOC(CC(=O)O)C1. The number of aliphatic carboxylic acids is 1. The van der Waals surface area contributed by atoms with E-state index in [1.54, 1.807) is 4.90 Å². The summed E-state index contributed by atoms with van der Waals surface area (Å²) in [6.45, 7) is 6.11. The van der Waals surface area contributed by atoms with E-state index >= 15 is 0 Å². The van der Waals surface area contributed by atoms with E-state index in [9.17, 15) is 9.59 Å². The molecular weight excluding hydrogens is 274 g/mol. The van der Waals surface area contributed by atoms with Crippen LogP contribution in [0.15, 0.2) is 0 Å². The van der Waals surface area contributed by atoms with Gasteiger partial charge in [-0.1, -0.05) is 13.8 Å². The molecule has 1 saturated heterocycles. The third kappa shape index (κ3) is 6.31. The number of nitrogens with one attached hydrogen (secondary N) is 1. The maximum atomic E-state index is 12.3. The molecule has 0 aromatic heterocycles. The second kappa shape index (κ2) is 8.19. The molecule has 1 fully saturated rings. The third-order valence-corrected chi connectivity index (χ3v) is 3.50. The number of likely N-dealkylation sites (N-methyl/N-ethyl adjacent to an activating group) is 1. The van der Waals surface area contributed by atoms with Crippen molar-refractivity contribution >= 4 is 12.0 Å². The van der Waals surface area contributed by atoms with Crippen molar-refractivity contribution < 1.29 is 19.4 Å². The number of nitrogens with zero attached hydrogens (tertiary/aromatic N) is 2. The molecule has 1 aliphatic rings. The van der Waals surface area contributed by atoms with Crippen molar-refractivity contribution in [3.8, 4) is 0 Å². The van der Waals surface area contributed by atoms with Gasteiger partial charge in [-0.2, -0.15) is 0 Å². The lowest BCUT2D eigenvalue weighted by molar-refractivity contribution is -0.141. The number of ether oxygens (including phenoxy) is 1. The van der Waals surface area contributed by atoms with Crippen LogP contribution in [0.1, 0.15) is 20.3 Å². The highest BCUT2D eigenvalue weighted by Gasteiger charge is 2.27. The maximum absolute atomic E-state index is 12.3. The minimum atomic E-state index is -0.907. The van der Waals surface area contributed by atoms with Crippen LogP contribution in [0.25, 0.3) is 0 Å². The predicted octanol–water partition coefficient (Wildman–Crippen LogP) is 0.458. The Balaban J connectivity index is 2.54. The molecule has 2 atom stereocenters. The van der Waals surface area contributed by atoms with Crippen LogP contribution in [0.4, 0.5) is 4.79 Å². The molecule has 0 bridgehead atoms. The molecular formula is C14H27N3O4. The molecule has 122 valence electrons. The summed E-state index contributed by atoms with van der Waals surface area (Å²) in [5.41, 5.74) is 0. The Morgan fingerprint density at radius 3 is 2.62 bits per heavy atom. The second-order valence-corrected chi connectivity index (χ2v) is 6.10. The van der Waals surface area contributed by atoms with Gasteiger partial charge in [0.2, 0.25) is 0 Å². The largest absolute Gasteiger partial charge is 0.481 e. The van der Waals surface area contributed by atoms with Gasteiger partial charge in [0.05, 0.1) is 19.1 Å². The second-order valence-electron chi connectivity index (χ2n) is 6.10. The van der Waals surface area contributed by atoms with E-state index in [4.69, 9.17) is 9.84 Å². The Kier molecular flexibility index (Phi) is 6.91. The van der Waals surface area contributed by atoms with Gasteiger partial charge in [-0.15, -0.1) is 0 Å². The van der Waals surface area contributed by atoms with E-state index in [1.807, 2.05) is 19.0 Å². The van der Waals surface area contributed by atoms with E-state index in [0.717, 1.165) is 6.54 Å². The van der Waals surface area contributed by atoms with Gasteiger partial charge >= 0.3 is 12.0 Å². The number of carbonyl (C=O) groups is 2. The fraction of sp³-hybridized carbons (Fsp3) is 0.857. The van der Waals surface area contributed by atoms with Crippen molar-refractivity contribution in [3.63, 3.8) is 0 Å². The van der Waals surface area contributed by atoms with Gasteiger partial charge in [-0.3, -0.25) is 4.79 Å². The minimum absolute atomic E-state index is 0.0632. The summed E-state index contributed by atoms with van der Waals surface area (Å²) in [5, 5.41) is 11.8. The number of morpholine rings is 1. The molecule has 7 nitrogen and oxygen atoms in total. The van der Waals surface area contributed by atoms with Crippen molar-refractivity contribution in [3.05, 3.63) is 0 Å². The first-order valence-electron chi connectivity index (χ1n) is 7.33. The number of carboxylic acid groups (broad SMARTS) is 1. The van der Waals surface area contributed by atoms with E-state index in [-0.39, 0.29) is 18.5 Å². The number of carbonyl (C=O) groups excluding carboxylic acids is 1. The van der Waals surface area contributed by atoms with Crippen molar-refractivity contribution in [1.82, 2.24) is 15.1 Å². The molecule has 2 unspecified atom stereocenters.